The molecular weight excluding hydrogens is 621 g/mol. The lowest BCUT2D eigenvalue weighted by Gasteiger charge is -2.18. The Kier molecular flexibility index (Phi) is 6.93. The molecule has 0 saturated carbocycles. The van der Waals surface area contributed by atoms with Gasteiger partial charge in [0.05, 0.1) is 40.9 Å². The lowest BCUT2D eigenvalue weighted by atomic mass is 9.85. The van der Waals surface area contributed by atoms with Gasteiger partial charge in [0.2, 0.25) is 0 Å². The van der Waals surface area contributed by atoms with Crippen molar-refractivity contribution in [1.29, 1.82) is 10.5 Å². The topological polar surface area (TPSA) is 56.9 Å². The van der Waals surface area contributed by atoms with Crippen LogP contribution in [-0.4, -0.2) is 4.57 Å². The maximum absolute atomic E-state index is 10.6. The lowest BCUT2D eigenvalue weighted by molar-refractivity contribution is 1.18. The number of nitriles is 2. The standard InChI is InChI=1S/C47H26N4/c1-50-35-20-23-45-43(27-35)42-24-30(28-48)18-22-44(42)51(45)36-13-9-12-32(26-36)37-21-19-33(25-34(37)29-49)47-40-16-7-5-14-38(40)46(31-10-3-2-4-11-31)39-15-6-8-17-41(39)47/h2-27H. The van der Waals surface area contributed by atoms with E-state index >= 15 is 0 Å². The number of benzene rings is 8. The second-order valence-corrected chi connectivity index (χ2v) is 12.6. The Balaban J connectivity index is 1.22. The molecule has 0 bridgehead atoms. The largest absolute Gasteiger partial charge is 0.309 e. The number of hydrogen-bond acceptors (Lipinski definition) is 2. The van der Waals surface area contributed by atoms with Crippen molar-refractivity contribution in [3.8, 4) is 51.2 Å². The van der Waals surface area contributed by atoms with E-state index in [0.29, 0.717) is 16.8 Å². The first-order valence-corrected chi connectivity index (χ1v) is 16.7. The molecule has 234 valence electrons. The average Bonchev–Trinajstić information content (AvgIpc) is 3.52. The highest BCUT2D eigenvalue weighted by molar-refractivity contribution is 6.21. The summed E-state index contributed by atoms with van der Waals surface area (Å²) in [5.74, 6) is 0. The fraction of sp³-hybridized carbons (Fsp3) is 0. The predicted molar refractivity (Wildman–Crippen MR) is 208 cm³/mol. The number of aromatic nitrogens is 1. The summed E-state index contributed by atoms with van der Waals surface area (Å²) in [5.41, 5.74) is 10.8. The van der Waals surface area contributed by atoms with Crippen molar-refractivity contribution >= 4 is 49.0 Å². The van der Waals surface area contributed by atoms with E-state index in [1.807, 2.05) is 60.7 Å². The predicted octanol–water partition coefficient (Wildman–Crippen LogP) is 12.4. The summed E-state index contributed by atoms with van der Waals surface area (Å²) >= 11 is 0. The van der Waals surface area contributed by atoms with Crippen molar-refractivity contribution in [1.82, 2.24) is 4.57 Å². The van der Waals surface area contributed by atoms with Crippen LogP contribution in [0.3, 0.4) is 0 Å². The fourth-order valence-corrected chi connectivity index (χ4v) is 7.64. The Morgan fingerprint density at radius 1 is 0.471 bits per heavy atom. The lowest BCUT2D eigenvalue weighted by Crippen LogP contribution is -1.95. The highest BCUT2D eigenvalue weighted by Gasteiger charge is 2.19. The molecule has 0 aliphatic rings. The second kappa shape index (κ2) is 11.9. The minimum absolute atomic E-state index is 0.548. The number of rotatable bonds is 4. The van der Waals surface area contributed by atoms with Gasteiger partial charge in [0, 0.05) is 11.1 Å². The van der Waals surface area contributed by atoms with Crippen LogP contribution < -0.4 is 0 Å². The molecule has 0 atom stereocenters. The molecule has 4 nitrogen and oxygen atoms in total. The van der Waals surface area contributed by atoms with Crippen molar-refractivity contribution < 1.29 is 0 Å². The Hall–Kier alpha value is -7.45. The molecule has 0 saturated heterocycles. The maximum atomic E-state index is 10.6. The Labute approximate surface area is 294 Å². The summed E-state index contributed by atoms with van der Waals surface area (Å²) < 4.78 is 2.16. The molecule has 9 rings (SSSR count). The Morgan fingerprint density at radius 3 is 1.73 bits per heavy atom. The molecule has 1 aromatic heterocycles. The van der Waals surface area contributed by atoms with Crippen LogP contribution in [0.2, 0.25) is 0 Å². The number of hydrogen-bond donors (Lipinski definition) is 0. The van der Waals surface area contributed by atoms with Crippen LogP contribution in [0.25, 0.3) is 87.3 Å². The molecule has 0 aliphatic carbocycles. The molecule has 0 spiro atoms. The minimum atomic E-state index is 0.548. The quantitative estimate of drug-likeness (QED) is 0.141. The first-order chi connectivity index (χ1) is 25.2. The average molecular weight is 647 g/mol. The van der Waals surface area contributed by atoms with Gasteiger partial charge in [-0.3, -0.25) is 0 Å². The van der Waals surface area contributed by atoms with E-state index in [1.54, 1.807) is 0 Å². The summed E-state index contributed by atoms with van der Waals surface area (Å²) in [6.45, 7) is 7.57. The third-order valence-electron chi connectivity index (χ3n) is 9.84. The maximum Gasteiger partial charge on any atom is 0.188 e. The van der Waals surface area contributed by atoms with Crippen molar-refractivity contribution in [2.24, 2.45) is 0 Å². The smallest absolute Gasteiger partial charge is 0.188 e. The monoisotopic (exact) mass is 646 g/mol. The third kappa shape index (κ3) is 4.74. The molecule has 0 N–H and O–H groups in total. The van der Waals surface area contributed by atoms with Crippen molar-refractivity contribution in [3.63, 3.8) is 0 Å². The summed E-state index contributed by atoms with van der Waals surface area (Å²) in [7, 11) is 0. The zero-order valence-corrected chi connectivity index (χ0v) is 27.3. The Bertz CT molecular complexity index is 2870. The highest BCUT2D eigenvalue weighted by Crippen LogP contribution is 2.44. The third-order valence-corrected chi connectivity index (χ3v) is 9.84. The van der Waals surface area contributed by atoms with Crippen LogP contribution in [0.4, 0.5) is 5.69 Å². The normalized spacial score (nSPS) is 11.1. The molecule has 0 aliphatic heterocycles. The van der Waals surface area contributed by atoms with Gasteiger partial charge in [-0.2, -0.15) is 10.5 Å². The van der Waals surface area contributed by atoms with Crippen LogP contribution in [0.15, 0.2) is 158 Å². The number of nitrogens with zero attached hydrogens (tertiary/aromatic N) is 4. The van der Waals surface area contributed by atoms with Gasteiger partial charge in [-0.05, 0) is 109 Å². The minimum Gasteiger partial charge on any atom is -0.309 e. The van der Waals surface area contributed by atoms with Crippen LogP contribution in [-0.2, 0) is 0 Å². The van der Waals surface area contributed by atoms with Crippen LogP contribution >= 0.6 is 0 Å². The van der Waals surface area contributed by atoms with Gasteiger partial charge < -0.3 is 4.57 Å². The van der Waals surface area contributed by atoms with E-state index in [9.17, 15) is 10.5 Å². The van der Waals surface area contributed by atoms with Gasteiger partial charge in [-0.1, -0.05) is 109 Å². The van der Waals surface area contributed by atoms with E-state index in [0.717, 1.165) is 60.5 Å². The van der Waals surface area contributed by atoms with E-state index < -0.39 is 0 Å². The summed E-state index contributed by atoms with van der Waals surface area (Å²) in [4.78, 5) is 3.65. The van der Waals surface area contributed by atoms with Gasteiger partial charge in [0.15, 0.2) is 5.69 Å². The van der Waals surface area contributed by atoms with E-state index in [4.69, 9.17) is 6.57 Å². The van der Waals surface area contributed by atoms with Crippen LogP contribution in [0.5, 0.6) is 0 Å². The molecule has 0 radical (unpaired) electrons. The molecule has 8 aromatic carbocycles. The summed E-state index contributed by atoms with van der Waals surface area (Å²) in [6, 6.07) is 58.2. The van der Waals surface area contributed by atoms with Crippen molar-refractivity contribution in [2.45, 2.75) is 0 Å². The SMILES string of the molecule is [C-]#[N+]c1ccc2c(c1)c1cc(C#N)ccc1n2-c1cccc(-c2ccc(-c3c4ccccc4c(-c4ccccc4)c4ccccc34)cc2C#N)c1. The van der Waals surface area contributed by atoms with Crippen LogP contribution in [0, 0.1) is 29.2 Å². The molecule has 0 unspecified atom stereocenters. The first-order valence-electron chi connectivity index (χ1n) is 16.7. The molecule has 4 heteroatoms. The molecule has 51 heavy (non-hydrogen) atoms. The molecule has 9 aromatic rings. The second-order valence-electron chi connectivity index (χ2n) is 12.6. The van der Waals surface area contributed by atoms with Gasteiger partial charge in [0.25, 0.3) is 0 Å². The van der Waals surface area contributed by atoms with Crippen LogP contribution in [0.1, 0.15) is 11.1 Å². The van der Waals surface area contributed by atoms with E-state index in [-0.39, 0.29) is 0 Å². The molecule has 1 heterocycles. The summed E-state index contributed by atoms with van der Waals surface area (Å²) in [5, 5.41) is 26.7. The van der Waals surface area contributed by atoms with Gasteiger partial charge in [0.1, 0.15) is 0 Å². The highest BCUT2D eigenvalue weighted by atomic mass is 15.0. The van der Waals surface area contributed by atoms with Crippen molar-refractivity contribution in [3.05, 3.63) is 180 Å². The first kappa shape index (κ1) is 29.7. The Morgan fingerprint density at radius 2 is 1.08 bits per heavy atom. The zero-order valence-electron chi connectivity index (χ0n) is 27.3. The summed E-state index contributed by atoms with van der Waals surface area (Å²) in [6.07, 6.45) is 0. The van der Waals surface area contributed by atoms with Gasteiger partial charge in [-0.25, -0.2) is 4.85 Å². The van der Waals surface area contributed by atoms with Crippen molar-refractivity contribution in [2.75, 3.05) is 0 Å². The number of fused-ring (bicyclic) bond motifs is 5. The molecule has 0 amide bonds. The van der Waals surface area contributed by atoms with Gasteiger partial charge in [-0.15, -0.1) is 0 Å². The molecular formula is C47H26N4. The fourth-order valence-electron chi connectivity index (χ4n) is 7.64. The zero-order chi connectivity index (χ0) is 34.5. The van der Waals surface area contributed by atoms with E-state index in [2.05, 4.69) is 119 Å². The van der Waals surface area contributed by atoms with E-state index in [1.165, 1.54) is 21.9 Å². The van der Waals surface area contributed by atoms with Gasteiger partial charge >= 0.3 is 0 Å². The molecule has 0 fully saturated rings.